The summed E-state index contributed by atoms with van der Waals surface area (Å²) in [6.07, 6.45) is 3.08. The summed E-state index contributed by atoms with van der Waals surface area (Å²) in [6.45, 7) is 10.1. The van der Waals surface area contributed by atoms with E-state index in [0.717, 1.165) is 71.3 Å². The van der Waals surface area contributed by atoms with Crippen LogP contribution in [-0.4, -0.2) is 52.0 Å². The molecule has 2 rings (SSSR count). The van der Waals surface area contributed by atoms with Crippen LogP contribution >= 0.6 is 0 Å². The molecule has 1 aromatic carbocycles. The highest BCUT2D eigenvalue weighted by molar-refractivity contribution is 5.79. The van der Waals surface area contributed by atoms with Gasteiger partial charge in [0, 0.05) is 38.8 Å². The molecule has 5 heteroatoms. The van der Waals surface area contributed by atoms with Crippen LogP contribution in [0.3, 0.4) is 0 Å². The van der Waals surface area contributed by atoms with Gasteiger partial charge in [0.2, 0.25) is 0 Å². The van der Waals surface area contributed by atoms with Gasteiger partial charge in [-0.3, -0.25) is 4.99 Å². The molecule has 1 heterocycles. The number of aryl methyl sites for hydroxylation is 1. The highest BCUT2D eigenvalue weighted by Gasteiger charge is 2.15. The van der Waals surface area contributed by atoms with Crippen molar-refractivity contribution in [1.82, 2.24) is 10.6 Å². The number of ether oxygens (including phenoxy) is 2. The van der Waals surface area contributed by atoms with Crippen LogP contribution in [0.4, 0.5) is 0 Å². The van der Waals surface area contributed by atoms with Crippen molar-refractivity contribution in [2.45, 2.75) is 33.1 Å². The largest absolute Gasteiger partial charge is 0.381 e. The van der Waals surface area contributed by atoms with Crippen LogP contribution in [0.15, 0.2) is 29.3 Å². The third kappa shape index (κ3) is 8.36. The van der Waals surface area contributed by atoms with E-state index in [9.17, 15) is 0 Å². The van der Waals surface area contributed by atoms with Crippen LogP contribution in [0.5, 0.6) is 0 Å². The van der Waals surface area contributed by atoms with Crippen molar-refractivity contribution >= 4 is 5.96 Å². The van der Waals surface area contributed by atoms with Gasteiger partial charge < -0.3 is 20.1 Å². The van der Waals surface area contributed by atoms with Crippen molar-refractivity contribution in [3.8, 4) is 0 Å². The van der Waals surface area contributed by atoms with E-state index in [0.29, 0.717) is 5.92 Å². The molecule has 1 fully saturated rings. The van der Waals surface area contributed by atoms with E-state index in [-0.39, 0.29) is 0 Å². The Hall–Kier alpha value is -1.59. The number of hydrogen-bond donors (Lipinski definition) is 2. The molecular weight excluding hydrogens is 314 g/mol. The Balaban J connectivity index is 1.59. The fraction of sp³-hybridized carbons (Fsp3) is 0.650. The monoisotopic (exact) mass is 347 g/mol. The number of rotatable bonds is 10. The molecule has 1 aliphatic rings. The molecule has 5 nitrogen and oxygen atoms in total. The van der Waals surface area contributed by atoms with Crippen LogP contribution in [0.25, 0.3) is 0 Å². The van der Waals surface area contributed by atoms with Gasteiger partial charge in [-0.1, -0.05) is 29.8 Å². The Kier molecular flexibility index (Phi) is 9.37. The van der Waals surface area contributed by atoms with E-state index < -0.39 is 0 Å². The number of benzene rings is 1. The minimum absolute atomic E-state index is 0.587. The first-order valence-corrected chi connectivity index (χ1v) is 9.51. The Morgan fingerprint density at radius 2 is 2.12 bits per heavy atom. The van der Waals surface area contributed by atoms with Crippen molar-refractivity contribution in [2.24, 2.45) is 10.9 Å². The molecular formula is C20H33N3O2. The van der Waals surface area contributed by atoms with Crippen LogP contribution in [-0.2, 0) is 15.9 Å². The van der Waals surface area contributed by atoms with Gasteiger partial charge in [0.1, 0.15) is 0 Å². The zero-order valence-corrected chi connectivity index (χ0v) is 15.7. The number of aliphatic imine (C=N–C) groups is 1. The predicted molar refractivity (Wildman–Crippen MR) is 103 cm³/mol. The van der Waals surface area contributed by atoms with E-state index in [1.807, 2.05) is 0 Å². The van der Waals surface area contributed by atoms with Crippen molar-refractivity contribution in [2.75, 3.05) is 46.1 Å². The molecule has 140 valence electrons. The maximum atomic E-state index is 5.72. The lowest BCUT2D eigenvalue weighted by Gasteiger charge is -2.12. The van der Waals surface area contributed by atoms with E-state index in [1.54, 1.807) is 0 Å². The summed E-state index contributed by atoms with van der Waals surface area (Å²) in [4.78, 5) is 4.62. The van der Waals surface area contributed by atoms with E-state index >= 15 is 0 Å². The molecule has 1 atom stereocenters. The van der Waals surface area contributed by atoms with E-state index in [2.05, 4.69) is 53.7 Å². The summed E-state index contributed by atoms with van der Waals surface area (Å²) in [7, 11) is 0. The van der Waals surface area contributed by atoms with Crippen LogP contribution in [0, 0.1) is 12.8 Å². The lowest BCUT2D eigenvalue weighted by Crippen LogP contribution is -2.38. The first kappa shape index (κ1) is 19.7. The molecule has 0 bridgehead atoms. The van der Waals surface area contributed by atoms with Gasteiger partial charge in [0.25, 0.3) is 0 Å². The summed E-state index contributed by atoms with van der Waals surface area (Å²) in [6, 6.07) is 8.69. The lowest BCUT2D eigenvalue weighted by atomic mass is 10.1. The van der Waals surface area contributed by atoms with Gasteiger partial charge in [0.15, 0.2) is 5.96 Å². The number of hydrogen-bond acceptors (Lipinski definition) is 3. The Bertz CT molecular complexity index is 496. The number of nitrogens with zero attached hydrogens (tertiary/aromatic N) is 1. The molecule has 1 aliphatic heterocycles. The first-order chi connectivity index (χ1) is 12.3. The second kappa shape index (κ2) is 11.9. The average molecular weight is 348 g/mol. The molecule has 25 heavy (non-hydrogen) atoms. The molecule has 2 N–H and O–H groups in total. The van der Waals surface area contributed by atoms with Crippen LogP contribution in [0.2, 0.25) is 0 Å². The molecule has 0 aromatic heterocycles. The Labute approximate surface area is 152 Å². The third-order valence-corrected chi connectivity index (χ3v) is 4.27. The first-order valence-electron chi connectivity index (χ1n) is 9.51. The van der Waals surface area contributed by atoms with Gasteiger partial charge in [-0.25, -0.2) is 0 Å². The van der Waals surface area contributed by atoms with Gasteiger partial charge in [-0.05, 0) is 38.7 Å². The van der Waals surface area contributed by atoms with Crippen molar-refractivity contribution in [3.05, 3.63) is 35.4 Å². The minimum Gasteiger partial charge on any atom is -0.381 e. The maximum Gasteiger partial charge on any atom is 0.191 e. The molecule has 1 unspecified atom stereocenters. The molecule has 1 saturated heterocycles. The molecule has 0 spiro atoms. The summed E-state index contributed by atoms with van der Waals surface area (Å²) in [5.74, 6) is 1.48. The zero-order chi connectivity index (χ0) is 17.7. The average Bonchev–Trinajstić information content (AvgIpc) is 3.13. The van der Waals surface area contributed by atoms with Gasteiger partial charge >= 0.3 is 0 Å². The number of nitrogens with one attached hydrogen (secondary N) is 2. The third-order valence-electron chi connectivity index (χ3n) is 4.27. The summed E-state index contributed by atoms with van der Waals surface area (Å²) < 4.78 is 11.1. The molecule has 0 saturated carbocycles. The SMILES string of the molecule is CCNC(=NCCCOCC1CCOC1)NCCc1ccc(C)cc1. The minimum atomic E-state index is 0.587. The summed E-state index contributed by atoms with van der Waals surface area (Å²) >= 11 is 0. The van der Waals surface area contributed by atoms with E-state index in [1.165, 1.54) is 11.1 Å². The summed E-state index contributed by atoms with van der Waals surface area (Å²) in [5.41, 5.74) is 2.65. The molecule has 0 aliphatic carbocycles. The normalized spacial score (nSPS) is 17.7. The predicted octanol–water partition coefficient (Wildman–Crippen LogP) is 2.54. The molecule has 1 aromatic rings. The van der Waals surface area contributed by atoms with Gasteiger partial charge in [-0.2, -0.15) is 0 Å². The van der Waals surface area contributed by atoms with Gasteiger partial charge in [-0.15, -0.1) is 0 Å². The Morgan fingerprint density at radius 1 is 1.28 bits per heavy atom. The van der Waals surface area contributed by atoms with Crippen molar-refractivity contribution in [3.63, 3.8) is 0 Å². The van der Waals surface area contributed by atoms with Crippen molar-refractivity contribution in [1.29, 1.82) is 0 Å². The molecule has 0 radical (unpaired) electrons. The van der Waals surface area contributed by atoms with Crippen molar-refractivity contribution < 1.29 is 9.47 Å². The fourth-order valence-electron chi connectivity index (χ4n) is 2.74. The second-order valence-corrected chi connectivity index (χ2v) is 6.58. The Morgan fingerprint density at radius 3 is 2.84 bits per heavy atom. The van der Waals surface area contributed by atoms with Crippen LogP contribution in [0.1, 0.15) is 30.9 Å². The number of guanidine groups is 1. The van der Waals surface area contributed by atoms with Gasteiger partial charge in [0.05, 0.1) is 13.2 Å². The highest BCUT2D eigenvalue weighted by Crippen LogP contribution is 2.12. The summed E-state index contributed by atoms with van der Waals surface area (Å²) in [5, 5.41) is 6.70. The zero-order valence-electron chi connectivity index (χ0n) is 15.7. The smallest absolute Gasteiger partial charge is 0.191 e. The quantitative estimate of drug-likeness (QED) is 0.388. The topological polar surface area (TPSA) is 54.9 Å². The second-order valence-electron chi connectivity index (χ2n) is 6.58. The highest BCUT2D eigenvalue weighted by atomic mass is 16.5. The fourth-order valence-corrected chi connectivity index (χ4v) is 2.74. The molecule has 0 amide bonds. The maximum absolute atomic E-state index is 5.72. The van der Waals surface area contributed by atoms with Crippen LogP contribution < -0.4 is 10.6 Å². The lowest BCUT2D eigenvalue weighted by molar-refractivity contribution is 0.0893. The van der Waals surface area contributed by atoms with E-state index in [4.69, 9.17) is 9.47 Å². The standard InChI is InChI=1S/C20H33N3O2/c1-3-21-20(23-12-9-18-7-5-17(2)6-8-18)22-11-4-13-24-15-19-10-14-25-16-19/h5-8,19H,3-4,9-16H2,1-2H3,(H2,21,22,23).